The van der Waals surface area contributed by atoms with Crippen LogP contribution in [0.1, 0.15) is 19.8 Å². The first kappa shape index (κ1) is 13.1. The quantitative estimate of drug-likeness (QED) is 0.662. The predicted molar refractivity (Wildman–Crippen MR) is 72.7 cm³/mol. The Labute approximate surface area is 114 Å². The molecule has 0 spiro atoms. The lowest BCUT2D eigenvalue weighted by Gasteiger charge is -2.04. The second-order valence-corrected chi connectivity index (χ2v) is 6.07. The molecule has 1 aromatic heterocycles. The van der Waals surface area contributed by atoms with Gasteiger partial charge in [-0.25, -0.2) is 4.98 Å². The fourth-order valence-corrected chi connectivity index (χ4v) is 4.00. The molecule has 14 heavy (non-hydrogen) atoms. The molecular formula is C8H11Br3N2S. The van der Waals surface area contributed by atoms with Crippen LogP contribution in [0.15, 0.2) is 13.9 Å². The Morgan fingerprint density at radius 3 is 2.57 bits per heavy atom. The molecule has 0 bridgehead atoms. The summed E-state index contributed by atoms with van der Waals surface area (Å²) in [4.78, 5) is 4.25. The van der Waals surface area contributed by atoms with Crippen LogP contribution in [0.25, 0.3) is 0 Å². The van der Waals surface area contributed by atoms with Gasteiger partial charge in [0.25, 0.3) is 0 Å². The average Bonchev–Trinajstić information content (AvgIpc) is 2.38. The zero-order valence-electron chi connectivity index (χ0n) is 7.76. The fraction of sp³-hybridized carbons (Fsp3) is 0.625. The molecule has 0 aliphatic heterocycles. The molecule has 0 N–H and O–H groups in total. The van der Waals surface area contributed by atoms with Crippen molar-refractivity contribution in [2.45, 2.75) is 25.6 Å². The highest BCUT2D eigenvalue weighted by molar-refractivity contribution is 9.13. The lowest BCUT2D eigenvalue weighted by Crippen LogP contribution is -1.96. The number of unbranched alkanes of at least 4 members (excludes halogenated alkanes) is 1. The molecule has 0 atom stereocenters. The maximum Gasteiger partial charge on any atom is 0.179 e. The summed E-state index contributed by atoms with van der Waals surface area (Å²) >= 11 is 12.2. The van der Waals surface area contributed by atoms with Gasteiger partial charge in [-0.3, -0.25) is 0 Å². The number of hydrogen-bond donors (Lipinski definition) is 0. The van der Waals surface area contributed by atoms with Gasteiger partial charge in [-0.15, -0.1) is 11.8 Å². The van der Waals surface area contributed by atoms with Crippen molar-refractivity contribution >= 4 is 59.6 Å². The molecule has 1 rings (SSSR count). The molecule has 6 heteroatoms. The molecule has 1 heterocycles. The van der Waals surface area contributed by atoms with Crippen molar-refractivity contribution < 1.29 is 0 Å². The third-order valence-corrected chi connectivity index (χ3v) is 5.20. The lowest BCUT2D eigenvalue weighted by molar-refractivity contribution is 0.831. The van der Waals surface area contributed by atoms with Crippen LogP contribution in [0.5, 0.6) is 0 Å². The van der Waals surface area contributed by atoms with Gasteiger partial charge in [-0.2, -0.15) is 0 Å². The van der Waals surface area contributed by atoms with Gasteiger partial charge in [0.2, 0.25) is 0 Å². The van der Waals surface area contributed by atoms with Gasteiger partial charge in [-0.05, 0) is 60.0 Å². The van der Waals surface area contributed by atoms with E-state index in [0.717, 1.165) is 19.8 Å². The molecule has 80 valence electrons. The smallest absolute Gasteiger partial charge is 0.179 e. The number of rotatable bonds is 5. The largest absolute Gasteiger partial charge is 0.302 e. The van der Waals surface area contributed by atoms with E-state index in [-0.39, 0.29) is 0 Å². The highest BCUT2D eigenvalue weighted by Gasteiger charge is 2.10. The maximum atomic E-state index is 4.25. The number of halogens is 3. The molecule has 0 unspecified atom stereocenters. The van der Waals surface area contributed by atoms with E-state index in [4.69, 9.17) is 0 Å². The molecule has 2 nitrogen and oxygen atoms in total. The summed E-state index contributed by atoms with van der Waals surface area (Å²) in [6, 6.07) is 0. The number of aromatic nitrogens is 2. The predicted octanol–water partition coefficient (Wildman–Crippen LogP) is 4.66. The summed E-state index contributed by atoms with van der Waals surface area (Å²) < 4.78 is 4.79. The first-order valence-corrected chi connectivity index (χ1v) is 7.85. The van der Waals surface area contributed by atoms with Crippen LogP contribution in [0, 0.1) is 0 Å². The van der Waals surface area contributed by atoms with Crippen LogP contribution in [0.2, 0.25) is 0 Å². The van der Waals surface area contributed by atoms with Gasteiger partial charge >= 0.3 is 0 Å². The van der Waals surface area contributed by atoms with Crippen LogP contribution in [-0.4, -0.2) is 15.3 Å². The SMILES string of the molecule is CCCCSCn1c(Br)nc(Br)c1Br. The monoisotopic (exact) mass is 404 g/mol. The van der Waals surface area contributed by atoms with E-state index in [1.807, 2.05) is 11.8 Å². The van der Waals surface area contributed by atoms with Gasteiger partial charge in [0.15, 0.2) is 4.73 Å². The Hall–Kier alpha value is 1.000. The highest BCUT2D eigenvalue weighted by Crippen LogP contribution is 2.28. The lowest BCUT2D eigenvalue weighted by atomic mass is 10.4. The summed E-state index contributed by atoms with van der Waals surface area (Å²) in [5.74, 6) is 2.13. The normalized spacial score (nSPS) is 10.9. The molecule has 0 aliphatic rings. The van der Waals surface area contributed by atoms with Crippen LogP contribution in [0.3, 0.4) is 0 Å². The average molecular weight is 407 g/mol. The number of nitrogens with zero attached hydrogens (tertiary/aromatic N) is 2. The fourth-order valence-electron chi connectivity index (χ4n) is 0.892. The third kappa shape index (κ3) is 3.54. The van der Waals surface area contributed by atoms with E-state index in [1.165, 1.54) is 18.6 Å². The van der Waals surface area contributed by atoms with Crippen LogP contribution in [-0.2, 0) is 5.88 Å². The highest BCUT2D eigenvalue weighted by atomic mass is 79.9. The standard InChI is InChI=1S/C8H11Br3N2S/c1-2-3-4-14-5-13-7(10)6(9)12-8(13)11/h2-5H2,1H3. The van der Waals surface area contributed by atoms with Crippen molar-refractivity contribution in [1.82, 2.24) is 9.55 Å². The zero-order chi connectivity index (χ0) is 10.6. The molecule has 0 saturated heterocycles. The minimum absolute atomic E-state index is 0.848. The Bertz CT molecular complexity index is 301. The molecule has 0 fully saturated rings. The minimum Gasteiger partial charge on any atom is -0.302 e. The topological polar surface area (TPSA) is 17.8 Å². The Balaban J connectivity index is 2.49. The Kier molecular flexibility index (Phi) is 6.12. The van der Waals surface area contributed by atoms with Crippen molar-refractivity contribution in [2.75, 3.05) is 5.75 Å². The van der Waals surface area contributed by atoms with E-state index in [1.54, 1.807) is 0 Å². The van der Waals surface area contributed by atoms with E-state index in [0.29, 0.717) is 0 Å². The first-order valence-electron chi connectivity index (χ1n) is 4.31. The summed E-state index contributed by atoms with van der Waals surface area (Å²) in [6.45, 7) is 2.21. The molecule has 0 aliphatic carbocycles. The zero-order valence-corrected chi connectivity index (χ0v) is 13.3. The van der Waals surface area contributed by atoms with Crippen LogP contribution in [0.4, 0.5) is 0 Å². The van der Waals surface area contributed by atoms with E-state index in [9.17, 15) is 0 Å². The Morgan fingerprint density at radius 2 is 2.07 bits per heavy atom. The number of hydrogen-bond acceptors (Lipinski definition) is 2. The van der Waals surface area contributed by atoms with Gasteiger partial charge in [0.1, 0.15) is 9.21 Å². The third-order valence-electron chi connectivity index (χ3n) is 1.68. The second kappa shape index (κ2) is 6.55. The molecule has 0 amide bonds. The van der Waals surface area contributed by atoms with E-state index >= 15 is 0 Å². The van der Waals surface area contributed by atoms with Crippen molar-refractivity contribution in [3.63, 3.8) is 0 Å². The molecule has 0 saturated carbocycles. The summed E-state index contributed by atoms with van der Waals surface area (Å²) in [5.41, 5.74) is 0. The number of imidazole rings is 1. The van der Waals surface area contributed by atoms with Gasteiger partial charge in [0.05, 0.1) is 5.88 Å². The van der Waals surface area contributed by atoms with Crippen molar-refractivity contribution in [3.8, 4) is 0 Å². The van der Waals surface area contributed by atoms with Crippen molar-refractivity contribution in [1.29, 1.82) is 0 Å². The molecular weight excluding hydrogens is 396 g/mol. The van der Waals surface area contributed by atoms with Gasteiger partial charge in [0, 0.05) is 0 Å². The van der Waals surface area contributed by atoms with Crippen LogP contribution >= 0.6 is 59.6 Å². The van der Waals surface area contributed by atoms with Crippen molar-refractivity contribution in [3.05, 3.63) is 13.9 Å². The molecule has 1 aromatic rings. The Morgan fingerprint density at radius 1 is 1.36 bits per heavy atom. The number of thioether (sulfide) groups is 1. The second-order valence-electron chi connectivity index (χ2n) is 2.78. The maximum absolute atomic E-state index is 4.25. The molecule has 0 radical (unpaired) electrons. The summed E-state index contributed by atoms with van der Waals surface area (Å²) in [7, 11) is 0. The summed E-state index contributed by atoms with van der Waals surface area (Å²) in [5, 5.41) is 0. The molecule has 0 aromatic carbocycles. The summed E-state index contributed by atoms with van der Waals surface area (Å²) in [6.07, 6.45) is 2.53. The minimum atomic E-state index is 0.848. The van der Waals surface area contributed by atoms with Crippen molar-refractivity contribution in [2.24, 2.45) is 0 Å². The van der Waals surface area contributed by atoms with Gasteiger partial charge < -0.3 is 4.57 Å². The first-order chi connectivity index (χ1) is 6.66. The van der Waals surface area contributed by atoms with Gasteiger partial charge in [-0.1, -0.05) is 13.3 Å². The van der Waals surface area contributed by atoms with E-state index in [2.05, 4.69) is 64.3 Å². The van der Waals surface area contributed by atoms with E-state index < -0.39 is 0 Å². The van der Waals surface area contributed by atoms with Crippen LogP contribution < -0.4 is 0 Å².